The van der Waals surface area contributed by atoms with Gasteiger partial charge in [0.1, 0.15) is 10.6 Å². The molecule has 0 spiro atoms. The van der Waals surface area contributed by atoms with E-state index in [4.69, 9.17) is 4.74 Å². The Hall–Kier alpha value is -2.14. The van der Waals surface area contributed by atoms with Crippen LogP contribution in [-0.2, 0) is 19.4 Å². The van der Waals surface area contributed by atoms with E-state index in [0.29, 0.717) is 24.5 Å². The van der Waals surface area contributed by atoms with Crippen LogP contribution in [0, 0.1) is 18.3 Å². The molecule has 4 rings (SSSR count). The summed E-state index contributed by atoms with van der Waals surface area (Å²) >= 11 is 1.72. The summed E-state index contributed by atoms with van der Waals surface area (Å²) in [6.07, 6.45) is 5.71. The molecule has 0 N–H and O–H groups in total. The third kappa shape index (κ3) is 4.25. The van der Waals surface area contributed by atoms with Gasteiger partial charge in [-0.15, -0.1) is 11.3 Å². The smallest absolute Gasteiger partial charge is 0.262 e. The van der Waals surface area contributed by atoms with Gasteiger partial charge in [-0.2, -0.15) is 0 Å². The van der Waals surface area contributed by atoms with Gasteiger partial charge in [0.2, 0.25) is 0 Å². The van der Waals surface area contributed by atoms with E-state index in [1.165, 1.54) is 16.0 Å². The van der Waals surface area contributed by atoms with Crippen molar-refractivity contribution in [2.45, 2.75) is 59.9 Å². The number of rotatable bonds is 5. The summed E-state index contributed by atoms with van der Waals surface area (Å²) in [5.74, 6) is 1.54. The van der Waals surface area contributed by atoms with E-state index in [0.717, 1.165) is 41.6 Å². The molecule has 1 atom stereocenters. The highest BCUT2D eigenvalue weighted by Crippen LogP contribution is 2.41. The Morgan fingerprint density at radius 2 is 2.00 bits per heavy atom. The molecule has 0 saturated carbocycles. The van der Waals surface area contributed by atoms with E-state index in [1.807, 2.05) is 24.3 Å². The maximum Gasteiger partial charge on any atom is 0.262 e. The summed E-state index contributed by atoms with van der Waals surface area (Å²) in [4.78, 5) is 20.0. The van der Waals surface area contributed by atoms with Gasteiger partial charge in [0.25, 0.3) is 5.56 Å². The molecule has 0 bridgehead atoms. The standard InChI is InChI=1S/C24H30N2O2S/c1-16-6-9-18(10-7-16)28-13-5-12-26-15-25-22-21(23(26)27)19-11-8-17(24(2,3)4)14-20(19)29-22/h6-7,9-10,15,17H,5,8,11-14H2,1-4H3/t17-/m0/s1. The Morgan fingerprint density at radius 1 is 1.24 bits per heavy atom. The summed E-state index contributed by atoms with van der Waals surface area (Å²) in [7, 11) is 0. The summed E-state index contributed by atoms with van der Waals surface area (Å²) in [6.45, 7) is 10.2. The molecule has 29 heavy (non-hydrogen) atoms. The number of benzene rings is 1. The highest BCUT2D eigenvalue weighted by atomic mass is 32.1. The molecule has 154 valence electrons. The molecule has 1 aromatic carbocycles. The Labute approximate surface area is 176 Å². The molecule has 5 heteroatoms. The lowest BCUT2D eigenvalue weighted by Gasteiger charge is -2.33. The SMILES string of the molecule is Cc1ccc(OCCCn2cnc3sc4c(c3c2=O)CC[C@H](C(C)(C)C)C4)cc1. The minimum atomic E-state index is 0.108. The molecule has 1 aliphatic carbocycles. The van der Waals surface area contributed by atoms with Crippen LogP contribution in [0.25, 0.3) is 10.2 Å². The van der Waals surface area contributed by atoms with Crippen LogP contribution in [0.5, 0.6) is 5.75 Å². The summed E-state index contributed by atoms with van der Waals surface area (Å²) in [5, 5.41) is 0.860. The van der Waals surface area contributed by atoms with Crippen molar-refractivity contribution in [3.63, 3.8) is 0 Å². The lowest BCUT2D eigenvalue weighted by molar-refractivity contribution is 0.218. The zero-order valence-electron chi connectivity index (χ0n) is 17.8. The van der Waals surface area contributed by atoms with Gasteiger partial charge < -0.3 is 4.74 Å². The Morgan fingerprint density at radius 3 is 2.72 bits per heavy atom. The van der Waals surface area contributed by atoms with E-state index in [1.54, 1.807) is 22.2 Å². The number of aromatic nitrogens is 2. The molecule has 0 aliphatic heterocycles. The van der Waals surface area contributed by atoms with Crippen LogP contribution in [0.1, 0.15) is 49.6 Å². The maximum absolute atomic E-state index is 13.1. The van der Waals surface area contributed by atoms with Gasteiger partial charge in [0, 0.05) is 11.4 Å². The molecular formula is C24H30N2O2S. The molecule has 2 heterocycles. The van der Waals surface area contributed by atoms with Gasteiger partial charge in [0.15, 0.2) is 0 Å². The molecule has 0 saturated heterocycles. The van der Waals surface area contributed by atoms with Crippen LogP contribution < -0.4 is 10.3 Å². The maximum atomic E-state index is 13.1. The van der Waals surface area contributed by atoms with Crippen LogP contribution in [0.15, 0.2) is 35.4 Å². The molecule has 0 fully saturated rings. The molecule has 4 nitrogen and oxygen atoms in total. The predicted molar refractivity (Wildman–Crippen MR) is 120 cm³/mol. The molecule has 3 aromatic rings. The Kier molecular flexibility index (Phi) is 5.52. The summed E-state index contributed by atoms with van der Waals surface area (Å²) in [6, 6.07) is 8.05. The topological polar surface area (TPSA) is 44.1 Å². The van der Waals surface area contributed by atoms with Gasteiger partial charge in [-0.05, 0) is 61.6 Å². The van der Waals surface area contributed by atoms with E-state index in [9.17, 15) is 4.79 Å². The van der Waals surface area contributed by atoms with Crippen molar-refractivity contribution in [1.29, 1.82) is 0 Å². The monoisotopic (exact) mass is 410 g/mol. The van der Waals surface area contributed by atoms with Gasteiger partial charge >= 0.3 is 0 Å². The van der Waals surface area contributed by atoms with E-state index in [2.05, 4.69) is 32.7 Å². The van der Waals surface area contributed by atoms with Gasteiger partial charge in [0.05, 0.1) is 18.3 Å². The lowest BCUT2D eigenvalue weighted by Crippen LogP contribution is -2.27. The summed E-state index contributed by atoms with van der Waals surface area (Å²) in [5.41, 5.74) is 2.89. The van der Waals surface area contributed by atoms with Gasteiger partial charge in [-0.1, -0.05) is 38.5 Å². The Bertz CT molecular complexity index is 1060. The number of ether oxygens (including phenoxy) is 1. The molecule has 1 aliphatic rings. The highest BCUT2D eigenvalue weighted by molar-refractivity contribution is 7.18. The number of thiophene rings is 1. The second kappa shape index (κ2) is 7.94. The minimum absolute atomic E-state index is 0.108. The molecular weight excluding hydrogens is 380 g/mol. The van der Waals surface area contributed by atoms with E-state index in [-0.39, 0.29) is 5.56 Å². The van der Waals surface area contributed by atoms with Gasteiger partial charge in [-0.25, -0.2) is 4.98 Å². The van der Waals surface area contributed by atoms with Crippen molar-refractivity contribution in [2.24, 2.45) is 11.3 Å². The number of fused-ring (bicyclic) bond motifs is 3. The third-order valence-corrected chi connectivity index (χ3v) is 7.26. The van der Waals surface area contributed by atoms with Crippen molar-refractivity contribution < 1.29 is 4.74 Å². The molecule has 0 amide bonds. The first-order valence-corrected chi connectivity index (χ1v) is 11.3. The van der Waals surface area contributed by atoms with Crippen LogP contribution >= 0.6 is 11.3 Å². The fourth-order valence-corrected chi connectivity index (χ4v) is 5.42. The normalized spacial score (nSPS) is 16.8. The quantitative estimate of drug-likeness (QED) is 0.530. The number of nitrogens with zero attached hydrogens (tertiary/aromatic N) is 2. The van der Waals surface area contributed by atoms with Crippen LogP contribution in [0.2, 0.25) is 0 Å². The second-order valence-electron chi connectivity index (χ2n) is 9.25. The van der Waals surface area contributed by atoms with Crippen LogP contribution in [0.3, 0.4) is 0 Å². The first-order valence-electron chi connectivity index (χ1n) is 10.5. The van der Waals surface area contributed by atoms with Crippen LogP contribution in [0.4, 0.5) is 0 Å². The number of hydrogen-bond donors (Lipinski definition) is 0. The zero-order chi connectivity index (χ0) is 20.6. The van der Waals surface area contributed by atoms with Crippen LogP contribution in [-0.4, -0.2) is 16.2 Å². The largest absolute Gasteiger partial charge is 0.494 e. The first-order chi connectivity index (χ1) is 13.8. The van der Waals surface area contributed by atoms with Crippen molar-refractivity contribution in [3.05, 3.63) is 57.0 Å². The van der Waals surface area contributed by atoms with E-state index < -0.39 is 0 Å². The molecule has 0 radical (unpaired) electrons. The molecule has 2 aromatic heterocycles. The van der Waals surface area contributed by atoms with Gasteiger partial charge in [-0.3, -0.25) is 9.36 Å². The summed E-state index contributed by atoms with van der Waals surface area (Å²) < 4.78 is 7.55. The van der Waals surface area contributed by atoms with Crippen molar-refractivity contribution in [1.82, 2.24) is 9.55 Å². The van der Waals surface area contributed by atoms with E-state index >= 15 is 0 Å². The van der Waals surface area contributed by atoms with Crippen molar-refractivity contribution >= 4 is 21.6 Å². The fraction of sp³-hybridized carbons (Fsp3) is 0.500. The Balaban J connectivity index is 1.47. The van der Waals surface area contributed by atoms with Crippen molar-refractivity contribution in [2.75, 3.05) is 6.61 Å². The second-order valence-corrected chi connectivity index (χ2v) is 10.3. The lowest BCUT2D eigenvalue weighted by atomic mass is 9.72. The number of hydrogen-bond acceptors (Lipinski definition) is 4. The zero-order valence-corrected chi connectivity index (χ0v) is 18.6. The fourth-order valence-electron chi connectivity index (χ4n) is 4.16. The average molecular weight is 411 g/mol. The highest BCUT2D eigenvalue weighted by Gasteiger charge is 2.31. The average Bonchev–Trinajstić information content (AvgIpc) is 3.06. The molecule has 0 unspecified atom stereocenters. The minimum Gasteiger partial charge on any atom is -0.494 e. The first kappa shape index (κ1) is 20.1. The third-order valence-electron chi connectivity index (χ3n) is 6.09. The predicted octanol–water partition coefficient (Wildman–Crippen LogP) is 5.39. The van der Waals surface area contributed by atoms with Crippen molar-refractivity contribution in [3.8, 4) is 5.75 Å². The number of aryl methyl sites for hydroxylation is 3.